The Balaban J connectivity index is 1.85. The van der Waals surface area contributed by atoms with Crippen molar-refractivity contribution in [2.24, 2.45) is 0 Å². The summed E-state index contributed by atoms with van der Waals surface area (Å²) in [6.45, 7) is 2.69. The summed E-state index contributed by atoms with van der Waals surface area (Å²) in [5, 5.41) is 9.14. The van der Waals surface area contributed by atoms with Crippen LogP contribution in [-0.4, -0.2) is 11.1 Å². The number of pyridine rings is 1. The number of rotatable bonds is 5. The normalized spacial score (nSPS) is 10.9. The lowest BCUT2D eigenvalue weighted by molar-refractivity contribution is -0.690. The molecule has 0 spiro atoms. The fourth-order valence-electron chi connectivity index (χ4n) is 2.64. The van der Waals surface area contributed by atoms with E-state index in [1.54, 1.807) is 18.2 Å². The van der Waals surface area contributed by atoms with E-state index in [0.29, 0.717) is 12.1 Å². The molecule has 1 heterocycles. The SMILES string of the molecule is Cc1ccc(/C=C/c2cccc[n+]2Cc2cccc(C(=O)O)c2)cc1. The third-order valence-corrected chi connectivity index (χ3v) is 4.03. The largest absolute Gasteiger partial charge is 0.478 e. The minimum Gasteiger partial charge on any atom is -0.478 e. The van der Waals surface area contributed by atoms with Gasteiger partial charge in [0.15, 0.2) is 12.7 Å². The zero-order valence-electron chi connectivity index (χ0n) is 14.1. The van der Waals surface area contributed by atoms with Crippen LogP contribution in [0.3, 0.4) is 0 Å². The number of hydrogen-bond acceptors (Lipinski definition) is 1. The first-order valence-corrected chi connectivity index (χ1v) is 8.17. The molecule has 3 rings (SSSR count). The molecule has 3 nitrogen and oxygen atoms in total. The molecule has 0 fully saturated rings. The second-order valence-electron chi connectivity index (χ2n) is 6.00. The van der Waals surface area contributed by atoms with Crippen LogP contribution >= 0.6 is 0 Å². The quantitative estimate of drug-likeness (QED) is 0.712. The Hall–Kier alpha value is -3.20. The van der Waals surface area contributed by atoms with Gasteiger partial charge in [0.1, 0.15) is 0 Å². The zero-order chi connectivity index (χ0) is 17.6. The fraction of sp³-hybridized carbons (Fsp3) is 0.0909. The van der Waals surface area contributed by atoms with Crippen LogP contribution in [0.1, 0.15) is 32.7 Å². The highest BCUT2D eigenvalue weighted by molar-refractivity contribution is 5.87. The number of carboxylic acid groups (broad SMARTS) is 1. The van der Waals surface area contributed by atoms with Crippen LogP contribution in [0.5, 0.6) is 0 Å². The van der Waals surface area contributed by atoms with Gasteiger partial charge in [0.05, 0.1) is 5.56 Å². The summed E-state index contributed by atoms with van der Waals surface area (Å²) in [4.78, 5) is 11.1. The molecule has 0 saturated carbocycles. The first-order valence-electron chi connectivity index (χ1n) is 8.17. The van der Waals surface area contributed by atoms with Gasteiger partial charge in [0, 0.05) is 23.8 Å². The van der Waals surface area contributed by atoms with E-state index in [-0.39, 0.29) is 0 Å². The first-order chi connectivity index (χ1) is 12.1. The third-order valence-electron chi connectivity index (χ3n) is 4.03. The van der Waals surface area contributed by atoms with Crippen LogP contribution in [0.15, 0.2) is 72.9 Å². The molecule has 0 bridgehead atoms. The molecule has 25 heavy (non-hydrogen) atoms. The minimum absolute atomic E-state index is 0.311. The molecule has 1 N–H and O–H groups in total. The lowest BCUT2D eigenvalue weighted by atomic mass is 10.1. The van der Waals surface area contributed by atoms with Crippen molar-refractivity contribution < 1.29 is 14.5 Å². The van der Waals surface area contributed by atoms with Crippen molar-refractivity contribution in [2.45, 2.75) is 13.5 Å². The lowest BCUT2D eigenvalue weighted by Crippen LogP contribution is -2.37. The Morgan fingerprint density at radius 3 is 2.56 bits per heavy atom. The lowest BCUT2D eigenvalue weighted by Gasteiger charge is -2.03. The number of carboxylic acids is 1. The van der Waals surface area contributed by atoms with Gasteiger partial charge in [-0.05, 0) is 36.8 Å². The van der Waals surface area contributed by atoms with E-state index < -0.39 is 5.97 Å². The minimum atomic E-state index is -0.903. The van der Waals surface area contributed by atoms with E-state index >= 15 is 0 Å². The Bertz CT molecular complexity index is 911. The summed E-state index contributed by atoms with van der Waals surface area (Å²) < 4.78 is 2.10. The van der Waals surface area contributed by atoms with Crippen molar-refractivity contribution >= 4 is 18.1 Å². The van der Waals surface area contributed by atoms with Crippen molar-refractivity contribution in [3.63, 3.8) is 0 Å². The van der Waals surface area contributed by atoms with Crippen molar-refractivity contribution in [3.8, 4) is 0 Å². The molecule has 0 amide bonds. The van der Waals surface area contributed by atoms with E-state index in [0.717, 1.165) is 16.8 Å². The highest BCUT2D eigenvalue weighted by atomic mass is 16.4. The van der Waals surface area contributed by atoms with Crippen LogP contribution in [0.25, 0.3) is 12.2 Å². The monoisotopic (exact) mass is 330 g/mol. The molecule has 0 aliphatic carbocycles. The molecule has 1 aromatic heterocycles. The number of aromatic carboxylic acids is 1. The Kier molecular flexibility index (Phi) is 5.05. The first kappa shape index (κ1) is 16.7. The van der Waals surface area contributed by atoms with E-state index in [1.807, 2.05) is 30.5 Å². The molecular formula is C22H20NO2+. The van der Waals surface area contributed by atoms with Crippen molar-refractivity contribution in [1.82, 2.24) is 0 Å². The average Bonchev–Trinajstić information content (AvgIpc) is 2.62. The second kappa shape index (κ2) is 7.58. The molecule has 0 aliphatic heterocycles. The van der Waals surface area contributed by atoms with Crippen molar-refractivity contribution in [3.05, 3.63) is 101 Å². The van der Waals surface area contributed by atoms with Gasteiger partial charge in [-0.1, -0.05) is 42.0 Å². The molecular weight excluding hydrogens is 310 g/mol. The number of benzene rings is 2. The van der Waals surface area contributed by atoms with Crippen LogP contribution < -0.4 is 4.57 Å². The van der Waals surface area contributed by atoms with Gasteiger partial charge in [-0.25, -0.2) is 4.79 Å². The molecule has 0 unspecified atom stereocenters. The molecule has 0 radical (unpaired) electrons. The summed E-state index contributed by atoms with van der Waals surface area (Å²) in [5.41, 5.74) is 4.72. The van der Waals surface area contributed by atoms with Crippen molar-refractivity contribution in [1.29, 1.82) is 0 Å². The van der Waals surface area contributed by atoms with Crippen LogP contribution in [0.2, 0.25) is 0 Å². The molecule has 2 aromatic carbocycles. The number of hydrogen-bond donors (Lipinski definition) is 1. The predicted octanol–water partition coefficient (Wildman–Crippen LogP) is 4.20. The second-order valence-corrected chi connectivity index (χ2v) is 6.00. The topological polar surface area (TPSA) is 41.2 Å². The summed E-state index contributed by atoms with van der Waals surface area (Å²) in [6.07, 6.45) is 6.16. The van der Waals surface area contributed by atoms with Gasteiger partial charge in [0.25, 0.3) is 0 Å². The van der Waals surface area contributed by atoms with Crippen LogP contribution in [-0.2, 0) is 6.54 Å². The van der Waals surface area contributed by atoms with Crippen molar-refractivity contribution in [2.75, 3.05) is 0 Å². The van der Waals surface area contributed by atoms with E-state index in [2.05, 4.69) is 47.9 Å². The van der Waals surface area contributed by atoms with Crippen LogP contribution in [0, 0.1) is 6.92 Å². The molecule has 0 saturated heterocycles. The maximum Gasteiger partial charge on any atom is 0.335 e. The highest BCUT2D eigenvalue weighted by Crippen LogP contribution is 2.09. The Labute approximate surface area is 147 Å². The Morgan fingerprint density at radius 2 is 1.80 bits per heavy atom. The number of carbonyl (C=O) groups is 1. The van der Waals surface area contributed by atoms with E-state index in [1.165, 1.54) is 5.56 Å². The maximum absolute atomic E-state index is 11.1. The molecule has 3 aromatic rings. The zero-order valence-corrected chi connectivity index (χ0v) is 14.1. The van der Waals surface area contributed by atoms with Gasteiger partial charge in [0.2, 0.25) is 5.69 Å². The van der Waals surface area contributed by atoms with Crippen LogP contribution in [0.4, 0.5) is 0 Å². The smallest absolute Gasteiger partial charge is 0.335 e. The number of nitrogens with zero attached hydrogens (tertiary/aromatic N) is 1. The third kappa shape index (κ3) is 4.42. The van der Waals surface area contributed by atoms with Gasteiger partial charge >= 0.3 is 5.97 Å². The van der Waals surface area contributed by atoms with Gasteiger partial charge in [-0.2, -0.15) is 4.57 Å². The summed E-state index contributed by atoms with van der Waals surface area (Å²) in [6, 6.07) is 21.5. The summed E-state index contributed by atoms with van der Waals surface area (Å²) in [7, 11) is 0. The number of aromatic nitrogens is 1. The van der Waals surface area contributed by atoms with Gasteiger partial charge in [-0.15, -0.1) is 0 Å². The highest BCUT2D eigenvalue weighted by Gasteiger charge is 2.10. The molecule has 0 atom stereocenters. The number of aryl methyl sites for hydroxylation is 1. The standard InChI is InChI=1S/C22H19NO2/c1-17-8-10-18(11-9-17)12-13-21-7-2-3-14-23(21)16-19-5-4-6-20(15-19)22(24)25/h2-15H,16H2,1H3/p+1/b13-12+. The fourth-order valence-corrected chi connectivity index (χ4v) is 2.64. The average molecular weight is 330 g/mol. The van der Waals surface area contributed by atoms with Gasteiger partial charge in [-0.3, -0.25) is 0 Å². The van der Waals surface area contributed by atoms with E-state index in [4.69, 9.17) is 5.11 Å². The molecule has 0 aliphatic rings. The maximum atomic E-state index is 11.1. The summed E-state index contributed by atoms with van der Waals surface area (Å²) in [5.74, 6) is -0.903. The molecule has 124 valence electrons. The summed E-state index contributed by atoms with van der Waals surface area (Å²) >= 11 is 0. The predicted molar refractivity (Wildman–Crippen MR) is 99.2 cm³/mol. The van der Waals surface area contributed by atoms with E-state index in [9.17, 15) is 4.79 Å². The van der Waals surface area contributed by atoms with Gasteiger partial charge < -0.3 is 5.11 Å². The molecule has 3 heteroatoms. The Morgan fingerprint density at radius 1 is 1.00 bits per heavy atom.